The van der Waals surface area contributed by atoms with Gasteiger partial charge >= 0.3 is 172 Å². The van der Waals surface area contributed by atoms with E-state index in [0.29, 0.717) is 0 Å². The zero-order valence-electron chi connectivity index (χ0n) is 25.9. The van der Waals surface area contributed by atoms with Crippen LogP contribution in [0.25, 0.3) is 43.8 Å². The first-order valence-electron chi connectivity index (χ1n) is 15.3. The molecule has 3 heteroatoms. The molecule has 1 aliphatic rings. The van der Waals surface area contributed by atoms with Crippen LogP contribution < -0.4 is 24.8 Å². The van der Waals surface area contributed by atoms with Crippen LogP contribution in [0.5, 0.6) is 0 Å². The van der Waals surface area contributed by atoms with E-state index in [0.717, 1.165) is 6.42 Å². The molecular formula is C44H34Cl2Zr-4. The minimum absolute atomic E-state index is 0. The Bertz CT molecular complexity index is 1930. The monoisotopic (exact) mass is 722 g/mol. The van der Waals surface area contributed by atoms with Crippen molar-refractivity contribution in [3.05, 3.63) is 199 Å². The summed E-state index contributed by atoms with van der Waals surface area (Å²) >= 11 is -0.679. The Balaban J connectivity index is 0.000000206. The number of fused-ring (bicyclic) bond motifs is 3. The first kappa shape index (κ1) is 35.7. The second-order valence-corrected chi connectivity index (χ2v) is 13.0. The smallest absolute Gasteiger partial charge is 0.0771 e. The van der Waals surface area contributed by atoms with Crippen molar-refractivity contribution in [1.29, 1.82) is 0 Å². The molecule has 0 fully saturated rings. The van der Waals surface area contributed by atoms with Gasteiger partial charge in [0.15, 0.2) is 0 Å². The number of allylic oxidation sites excluding steroid dienone is 4. The fourth-order valence-electron chi connectivity index (χ4n) is 5.28. The Morgan fingerprint density at radius 2 is 0.872 bits per heavy atom. The van der Waals surface area contributed by atoms with Crippen LogP contribution in [0.3, 0.4) is 0 Å². The van der Waals surface area contributed by atoms with E-state index in [2.05, 4.69) is 183 Å². The van der Waals surface area contributed by atoms with Crippen LogP contribution in [0.1, 0.15) is 17.5 Å². The summed E-state index contributed by atoms with van der Waals surface area (Å²) in [6.45, 7) is 0. The molecule has 47 heavy (non-hydrogen) atoms. The summed E-state index contributed by atoms with van der Waals surface area (Å²) in [7, 11) is 0. The van der Waals surface area contributed by atoms with Crippen LogP contribution in [-0.4, -0.2) is 7.42 Å². The van der Waals surface area contributed by atoms with Gasteiger partial charge in [0.1, 0.15) is 0 Å². The molecule has 0 aliphatic heterocycles. The molecule has 0 nitrogen and oxygen atoms in total. The van der Waals surface area contributed by atoms with Gasteiger partial charge < -0.3 is 24.8 Å². The summed E-state index contributed by atoms with van der Waals surface area (Å²) in [5, 5.41) is 5.39. The molecule has 0 unspecified atom stereocenters. The van der Waals surface area contributed by atoms with E-state index < -0.39 is 22.3 Å². The Kier molecular flexibility index (Phi) is 14.3. The molecule has 1 aliphatic carbocycles. The molecule has 7 aromatic rings. The molecule has 0 bridgehead atoms. The summed E-state index contributed by atoms with van der Waals surface area (Å²) in [6, 6.07) is 58.1. The molecule has 0 N–H and O–H groups in total. The molecule has 0 spiro atoms. The van der Waals surface area contributed by atoms with E-state index in [4.69, 9.17) is 0 Å². The standard InChI is InChI=1S/C13H9.2C13H10.C5H5.2ClH.Zr/c1-3-7-12-10(5-1)9-11-6-2-4-8-13(11)12;2*1-11-7-9-13(10-8-11)12-5-3-2-4-6-12;1-2-4-5-3-1;;;/h1-9H;2*1-10H;1-3H,4H2;2*1H;/q-1;;;-1;;;/p-2. The third-order valence-electron chi connectivity index (χ3n) is 7.64. The van der Waals surface area contributed by atoms with Crippen LogP contribution in [0.2, 0.25) is 0 Å². The van der Waals surface area contributed by atoms with E-state index in [-0.39, 0.29) is 24.8 Å². The van der Waals surface area contributed by atoms with Crippen molar-refractivity contribution in [2.45, 2.75) is 6.42 Å². The van der Waals surface area contributed by atoms with Gasteiger partial charge in [-0.15, -0.1) is 46.2 Å². The van der Waals surface area contributed by atoms with Crippen LogP contribution in [0.4, 0.5) is 0 Å². The first-order valence-corrected chi connectivity index (χ1v) is 18.2. The van der Waals surface area contributed by atoms with Gasteiger partial charge in [0.05, 0.1) is 0 Å². The number of hydrogen-bond acceptors (Lipinski definition) is 0. The van der Waals surface area contributed by atoms with Gasteiger partial charge in [-0.3, -0.25) is 6.08 Å². The SMILES string of the molecule is [C-]1=CC=CC1.[CH](=[Zr]=[CH]c1ccc(-c2ccccc2)cc1)c1ccc(-c2ccccc2)cc1.[Cl-].[Cl-].c1ccc2c(c1)[cH-]c1ccccc12. The Hall–Kier alpha value is -4.13. The molecular weight excluding hydrogens is 691 g/mol. The molecule has 0 saturated heterocycles. The Labute approximate surface area is 301 Å². The molecule has 0 radical (unpaired) electrons. The third-order valence-corrected chi connectivity index (χ3v) is 10.1. The predicted octanol–water partition coefficient (Wildman–Crippen LogP) is 5.13. The molecule has 0 heterocycles. The van der Waals surface area contributed by atoms with E-state index in [1.165, 1.54) is 54.9 Å². The quantitative estimate of drug-likeness (QED) is 0.221. The van der Waals surface area contributed by atoms with Crippen molar-refractivity contribution in [3.8, 4) is 22.3 Å². The molecule has 0 aromatic heterocycles. The van der Waals surface area contributed by atoms with E-state index in [1.807, 2.05) is 12.2 Å². The zero-order valence-corrected chi connectivity index (χ0v) is 29.9. The minimum Gasteiger partial charge on any atom is -1.00 e. The molecule has 0 atom stereocenters. The maximum Gasteiger partial charge on any atom is -0.0771 e. The zero-order chi connectivity index (χ0) is 30.5. The predicted molar refractivity (Wildman–Crippen MR) is 193 cm³/mol. The summed E-state index contributed by atoms with van der Waals surface area (Å²) in [5.41, 5.74) is 7.76. The third kappa shape index (κ3) is 10.2. The van der Waals surface area contributed by atoms with Gasteiger partial charge in [-0.2, -0.15) is 6.08 Å². The van der Waals surface area contributed by atoms with Crippen LogP contribution in [-0.2, 0) is 22.3 Å². The van der Waals surface area contributed by atoms with Crippen molar-refractivity contribution in [2.24, 2.45) is 0 Å². The molecule has 8 rings (SSSR count). The summed E-state index contributed by atoms with van der Waals surface area (Å²) < 4.78 is 4.87. The van der Waals surface area contributed by atoms with E-state index in [1.54, 1.807) is 0 Å². The summed E-state index contributed by atoms with van der Waals surface area (Å²) in [5.74, 6) is 0. The van der Waals surface area contributed by atoms with Crippen molar-refractivity contribution >= 4 is 29.0 Å². The maximum atomic E-state index is 2.99. The summed E-state index contributed by atoms with van der Waals surface area (Å²) in [6.07, 6.45) is 10.0. The molecule has 232 valence electrons. The normalized spacial score (nSPS) is 10.7. The van der Waals surface area contributed by atoms with Crippen molar-refractivity contribution < 1.29 is 47.1 Å². The number of rotatable bonds is 4. The van der Waals surface area contributed by atoms with Gasteiger partial charge in [0.2, 0.25) is 0 Å². The second kappa shape index (κ2) is 18.9. The second-order valence-electron chi connectivity index (χ2n) is 10.8. The number of hydrogen-bond donors (Lipinski definition) is 0. The van der Waals surface area contributed by atoms with E-state index >= 15 is 0 Å². The van der Waals surface area contributed by atoms with Gasteiger partial charge in [-0.25, -0.2) is 12.2 Å². The largest absolute Gasteiger partial charge is 1.00 e. The first-order chi connectivity index (χ1) is 22.3. The van der Waals surface area contributed by atoms with Crippen LogP contribution in [0, 0.1) is 6.08 Å². The molecule has 0 saturated carbocycles. The van der Waals surface area contributed by atoms with E-state index in [9.17, 15) is 0 Å². The Morgan fingerprint density at radius 3 is 1.26 bits per heavy atom. The number of halogens is 2. The van der Waals surface area contributed by atoms with Crippen LogP contribution in [0.15, 0.2) is 182 Å². The van der Waals surface area contributed by atoms with Crippen molar-refractivity contribution in [2.75, 3.05) is 0 Å². The summed E-state index contributed by atoms with van der Waals surface area (Å²) in [4.78, 5) is 0. The fraction of sp³-hybridized carbons (Fsp3) is 0.0227. The molecule has 0 amide bonds. The van der Waals surface area contributed by atoms with Crippen LogP contribution >= 0.6 is 0 Å². The number of benzene rings is 6. The van der Waals surface area contributed by atoms with Gasteiger partial charge in [-0.1, -0.05) is 36.4 Å². The van der Waals surface area contributed by atoms with Crippen molar-refractivity contribution in [1.82, 2.24) is 0 Å². The topological polar surface area (TPSA) is 0 Å². The molecule has 7 aromatic carbocycles. The average molecular weight is 725 g/mol. The maximum absolute atomic E-state index is 2.99. The Morgan fingerprint density at radius 1 is 0.468 bits per heavy atom. The van der Waals surface area contributed by atoms with Gasteiger partial charge in [0.25, 0.3) is 0 Å². The fourth-order valence-corrected chi connectivity index (χ4v) is 7.38. The minimum atomic E-state index is -0.679. The van der Waals surface area contributed by atoms with Gasteiger partial charge in [0, 0.05) is 0 Å². The van der Waals surface area contributed by atoms with Gasteiger partial charge in [-0.05, 0) is 0 Å². The van der Waals surface area contributed by atoms with Crippen molar-refractivity contribution in [3.63, 3.8) is 0 Å². The average Bonchev–Trinajstić information content (AvgIpc) is 3.83.